The summed E-state index contributed by atoms with van der Waals surface area (Å²) in [5, 5.41) is 4.70. The van der Waals surface area contributed by atoms with Gasteiger partial charge in [-0.05, 0) is 49.1 Å². The highest BCUT2D eigenvalue weighted by Gasteiger charge is 2.21. The van der Waals surface area contributed by atoms with Gasteiger partial charge in [-0.2, -0.15) is 0 Å². The van der Waals surface area contributed by atoms with Crippen LogP contribution in [0.5, 0.6) is 0 Å². The van der Waals surface area contributed by atoms with E-state index in [1.165, 1.54) is 16.9 Å². The first-order chi connectivity index (χ1) is 11.5. The number of nitrogens with zero attached hydrogens (tertiary/aromatic N) is 1. The Labute approximate surface area is 153 Å². The maximum absolute atomic E-state index is 12.6. The van der Waals surface area contributed by atoms with E-state index < -0.39 is 0 Å². The van der Waals surface area contributed by atoms with Crippen LogP contribution < -0.4 is 5.32 Å². The van der Waals surface area contributed by atoms with E-state index in [1.807, 2.05) is 16.3 Å². The van der Waals surface area contributed by atoms with Crippen molar-refractivity contribution in [3.63, 3.8) is 0 Å². The molecule has 124 valence electrons. The summed E-state index contributed by atoms with van der Waals surface area (Å²) < 4.78 is 1.09. The van der Waals surface area contributed by atoms with Gasteiger partial charge in [0.1, 0.15) is 0 Å². The van der Waals surface area contributed by atoms with Gasteiger partial charge in [0.15, 0.2) is 0 Å². The zero-order chi connectivity index (χ0) is 17.1. The second-order valence-electron chi connectivity index (χ2n) is 5.67. The van der Waals surface area contributed by atoms with Crippen LogP contribution in [-0.4, -0.2) is 29.8 Å². The molecular weight excluding hydrogens is 388 g/mol. The topological polar surface area (TPSA) is 49.4 Å². The van der Waals surface area contributed by atoms with E-state index in [0.29, 0.717) is 22.7 Å². The van der Waals surface area contributed by atoms with E-state index >= 15 is 0 Å². The van der Waals surface area contributed by atoms with Crippen LogP contribution in [0.4, 0.5) is 5.69 Å². The Morgan fingerprint density at radius 2 is 1.96 bits per heavy atom. The van der Waals surface area contributed by atoms with Crippen molar-refractivity contribution in [1.29, 1.82) is 0 Å². The molecular formula is C18H17BrN2O2S. The molecule has 0 aliphatic carbocycles. The maximum Gasteiger partial charge on any atom is 0.265 e. The van der Waals surface area contributed by atoms with Crippen molar-refractivity contribution in [2.75, 3.05) is 18.4 Å². The third kappa shape index (κ3) is 3.76. The fourth-order valence-electron chi connectivity index (χ4n) is 2.47. The summed E-state index contributed by atoms with van der Waals surface area (Å²) in [6, 6.07) is 10.7. The van der Waals surface area contributed by atoms with Crippen molar-refractivity contribution < 1.29 is 9.59 Å². The van der Waals surface area contributed by atoms with Gasteiger partial charge in [0.2, 0.25) is 0 Å². The molecule has 0 saturated heterocycles. The molecule has 1 aliphatic rings. The fourth-order valence-corrected chi connectivity index (χ4v) is 3.59. The summed E-state index contributed by atoms with van der Waals surface area (Å²) in [5.41, 5.74) is 2.61. The molecule has 2 heterocycles. The molecule has 0 spiro atoms. The number of carbonyl (C=O) groups is 2. The van der Waals surface area contributed by atoms with Crippen molar-refractivity contribution in [2.45, 2.75) is 13.3 Å². The SMILES string of the molecule is CC1=C(Br)CN(C(=O)c2ccc(NC(=O)c3cccs3)cc2)CC1. The van der Waals surface area contributed by atoms with Crippen LogP contribution >= 0.6 is 27.3 Å². The molecule has 1 aromatic heterocycles. The average molecular weight is 405 g/mol. The minimum absolute atomic E-state index is 0.00980. The van der Waals surface area contributed by atoms with Crippen LogP contribution in [0, 0.1) is 0 Å². The number of thiophene rings is 1. The van der Waals surface area contributed by atoms with Crippen LogP contribution in [0.25, 0.3) is 0 Å². The molecule has 2 aromatic rings. The highest BCUT2D eigenvalue weighted by atomic mass is 79.9. The lowest BCUT2D eigenvalue weighted by molar-refractivity contribution is 0.0767. The van der Waals surface area contributed by atoms with Crippen molar-refractivity contribution in [2.24, 2.45) is 0 Å². The van der Waals surface area contributed by atoms with Crippen molar-refractivity contribution in [1.82, 2.24) is 4.90 Å². The smallest absolute Gasteiger partial charge is 0.265 e. The standard InChI is InChI=1S/C18H17BrN2O2S/c1-12-8-9-21(11-15(12)19)18(23)13-4-6-14(7-5-13)20-17(22)16-3-2-10-24-16/h2-7,10H,8-9,11H2,1H3,(H,20,22). The average Bonchev–Trinajstić information content (AvgIpc) is 3.12. The number of hydrogen-bond donors (Lipinski definition) is 1. The van der Waals surface area contributed by atoms with E-state index in [9.17, 15) is 9.59 Å². The highest BCUT2D eigenvalue weighted by Crippen LogP contribution is 2.23. The molecule has 0 atom stereocenters. The summed E-state index contributed by atoms with van der Waals surface area (Å²) >= 11 is 4.93. The summed E-state index contributed by atoms with van der Waals surface area (Å²) in [6.45, 7) is 3.43. The lowest BCUT2D eigenvalue weighted by Gasteiger charge is -2.28. The molecule has 1 N–H and O–H groups in total. The Morgan fingerprint density at radius 3 is 2.58 bits per heavy atom. The molecule has 24 heavy (non-hydrogen) atoms. The van der Waals surface area contributed by atoms with Gasteiger partial charge in [0.05, 0.1) is 11.4 Å². The number of benzene rings is 1. The van der Waals surface area contributed by atoms with E-state index in [2.05, 4.69) is 28.2 Å². The Bertz CT molecular complexity index is 782. The summed E-state index contributed by atoms with van der Waals surface area (Å²) in [7, 11) is 0. The first kappa shape index (κ1) is 16.9. The molecule has 1 aliphatic heterocycles. The fraction of sp³-hybridized carbons (Fsp3) is 0.222. The third-order valence-corrected chi connectivity index (χ3v) is 5.77. The number of hydrogen-bond acceptors (Lipinski definition) is 3. The van der Waals surface area contributed by atoms with E-state index in [0.717, 1.165) is 17.4 Å². The van der Waals surface area contributed by atoms with Crippen LogP contribution in [0.2, 0.25) is 0 Å². The number of nitrogens with one attached hydrogen (secondary N) is 1. The minimum atomic E-state index is -0.135. The van der Waals surface area contributed by atoms with E-state index in [4.69, 9.17) is 0 Å². The zero-order valence-electron chi connectivity index (χ0n) is 13.2. The molecule has 3 rings (SSSR count). The Morgan fingerprint density at radius 1 is 1.21 bits per heavy atom. The quantitative estimate of drug-likeness (QED) is 0.817. The van der Waals surface area contributed by atoms with Gasteiger partial charge < -0.3 is 10.2 Å². The van der Waals surface area contributed by atoms with Gasteiger partial charge in [0.25, 0.3) is 11.8 Å². The summed E-state index contributed by atoms with van der Waals surface area (Å²) in [4.78, 5) is 27.1. The number of amides is 2. The number of halogens is 1. The predicted octanol–water partition coefficient (Wildman–Crippen LogP) is 4.52. The first-order valence-corrected chi connectivity index (χ1v) is 9.30. The molecule has 0 radical (unpaired) electrons. The van der Waals surface area contributed by atoms with Crippen molar-refractivity contribution >= 4 is 44.8 Å². The monoisotopic (exact) mass is 404 g/mol. The normalized spacial score (nSPS) is 14.7. The van der Waals surface area contributed by atoms with Gasteiger partial charge >= 0.3 is 0 Å². The van der Waals surface area contributed by atoms with Gasteiger partial charge in [-0.25, -0.2) is 0 Å². The Hall–Kier alpha value is -1.92. The molecule has 0 unspecified atom stereocenters. The Kier molecular flexibility index (Phi) is 5.16. The van der Waals surface area contributed by atoms with Crippen LogP contribution in [0.3, 0.4) is 0 Å². The summed E-state index contributed by atoms with van der Waals surface area (Å²) in [6.07, 6.45) is 0.890. The lowest BCUT2D eigenvalue weighted by Crippen LogP contribution is -2.35. The van der Waals surface area contributed by atoms with Crippen LogP contribution in [-0.2, 0) is 0 Å². The van der Waals surface area contributed by atoms with Crippen LogP contribution in [0.15, 0.2) is 51.8 Å². The van der Waals surface area contributed by atoms with Gasteiger partial charge in [-0.15, -0.1) is 11.3 Å². The van der Waals surface area contributed by atoms with Crippen LogP contribution in [0.1, 0.15) is 33.4 Å². The molecule has 6 heteroatoms. The number of anilines is 1. The molecule has 0 saturated carbocycles. The van der Waals surface area contributed by atoms with Crippen molar-refractivity contribution in [3.8, 4) is 0 Å². The highest BCUT2D eigenvalue weighted by molar-refractivity contribution is 9.11. The maximum atomic E-state index is 12.6. The first-order valence-electron chi connectivity index (χ1n) is 7.63. The third-order valence-electron chi connectivity index (χ3n) is 3.97. The minimum Gasteiger partial charge on any atom is -0.333 e. The molecule has 4 nitrogen and oxygen atoms in total. The molecule has 0 fully saturated rings. The Balaban J connectivity index is 1.66. The predicted molar refractivity (Wildman–Crippen MR) is 101 cm³/mol. The second-order valence-corrected chi connectivity index (χ2v) is 7.58. The molecule has 2 amide bonds. The van der Waals surface area contributed by atoms with Gasteiger partial charge in [-0.3, -0.25) is 9.59 Å². The zero-order valence-corrected chi connectivity index (χ0v) is 15.6. The molecule has 0 bridgehead atoms. The van der Waals surface area contributed by atoms with Gasteiger partial charge in [0, 0.05) is 22.3 Å². The van der Waals surface area contributed by atoms with Crippen molar-refractivity contribution in [3.05, 3.63) is 62.3 Å². The number of carbonyl (C=O) groups excluding carboxylic acids is 2. The van der Waals surface area contributed by atoms with Gasteiger partial charge in [-0.1, -0.05) is 27.6 Å². The van der Waals surface area contributed by atoms with E-state index in [1.54, 1.807) is 30.3 Å². The summed E-state index contributed by atoms with van der Waals surface area (Å²) in [5.74, 6) is -0.125. The largest absolute Gasteiger partial charge is 0.333 e. The molecule has 1 aromatic carbocycles. The second kappa shape index (κ2) is 7.32. The lowest BCUT2D eigenvalue weighted by atomic mass is 10.1. The number of rotatable bonds is 3. The van der Waals surface area contributed by atoms with E-state index in [-0.39, 0.29) is 11.8 Å².